The first-order chi connectivity index (χ1) is 18.7. The third-order valence-corrected chi connectivity index (χ3v) is 9.51. The van der Waals surface area contributed by atoms with E-state index in [1.807, 2.05) is 71.6 Å². The van der Waals surface area contributed by atoms with Gasteiger partial charge >= 0.3 is 0 Å². The number of aldehydes is 1. The SMILES string of the molecule is CC(C)N(C)C(=O)C1=CN(CC2(O)CCN(C(=O)C3(c4cccs4)CC3)CC2)CC(C=O)=C1c1ccccc1. The van der Waals surface area contributed by atoms with Gasteiger partial charge in [0, 0.05) is 61.5 Å². The third-order valence-electron chi connectivity index (χ3n) is 8.44. The molecule has 1 aromatic heterocycles. The molecule has 2 aliphatic heterocycles. The van der Waals surface area contributed by atoms with Crippen molar-refractivity contribution in [3.05, 3.63) is 75.6 Å². The Kier molecular flexibility index (Phi) is 7.53. The van der Waals surface area contributed by atoms with Crippen molar-refractivity contribution in [2.45, 2.75) is 56.6 Å². The van der Waals surface area contributed by atoms with Gasteiger partial charge in [-0.3, -0.25) is 14.4 Å². The van der Waals surface area contributed by atoms with Gasteiger partial charge in [-0.25, -0.2) is 0 Å². The Morgan fingerprint density at radius 2 is 1.77 bits per heavy atom. The van der Waals surface area contributed by atoms with Gasteiger partial charge in [-0.05, 0) is 56.5 Å². The number of piperidine rings is 1. The number of benzene rings is 1. The molecular formula is C31H37N3O4S. The van der Waals surface area contributed by atoms with Crippen LogP contribution in [0.5, 0.6) is 0 Å². The van der Waals surface area contributed by atoms with Gasteiger partial charge in [-0.2, -0.15) is 0 Å². The average Bonchev–Trinajstić information content (AvgIpc) is 3.56. The summed E-state index contributed by atoms with van der Waals surface area (Å²) in [5.74, 6) is 0.0109. The fraction of sp³-hybridized carbons (Fsp3) is 0.452. The van der Waals surface area contributed by atoms with Crippen molar-refractivity contribution in [1.82, 2.24) is 14.7 Å². The second kappa shape index (κ2) is 10.7. The van der Waals surface area contributed by atoms with Crippen LogP contribution in [0, 0.1) is 0 Å². The maximum absolute atomic E-state index is 13.6. The Bertz CT molecular complexity index is 1290. The highest BCUT2D eigenvalue weighted by atomic mass is 32.1. The van der Waals surface area contributed by atoms with Crippen LogP contribution in [0.3, 0.4) is 0 Å². The normalized spacial score (nSPS) is 20.1. The summed E-state index contributed by atoms with van der Waals surface area (Å²) < 4.78 is 0. The van der Waals surface area contributed by atoms with E-state index >= 15 is 0 Å². The van der Waals surface area contributed by atoms with Gasteiger partial charge in [-0.15, -0.1) is 11.3 Å². The van der Waals surface area contributed by atoms with Crippen molar-refractivity contribution in [3.63, 3.8) is 0 Å². The van der Waals surface area contributed by atoms with Crippen LogP contribution >= 0.6 is 11.3 Å². The number of carbonyl (C=O) groups excluding carboxylic acids is 3. The van der Waals surface area contributed by atoms with Crippen LogP contribution in [0.1, 0.15) is 50.0 Å². The molecule has 5 rings (SSSR count). The summed E-state index contributed by atoms with van der Waals surface area (Å²) in [7, 11) is 1.76. The van der Waals surface area contributed by atoms with E-state index in [4.69, 9.17) is 0 Å². The maximum Gasteiger partial charge on any atom is 0.255 e. The molecule has 1 saturated carbocycles. The van der Waals surface area contributed by atoms with Gasteiger partial charge in [0.25, 0.3) is 5.91 Å². The quantitative estimate of drug-likeness (QED) is 0.508. The monoisotopic (exact) mass is 547 g/mol. The fourth-order valence-corrected chi connectivity index (χ4v) is 6.68. The topological polar surface area (TPSA) is 81.2 Å². The molecule has 1 aromatic carbocycles. The lowest BCUT2D eigenvalue weighted by atomic mass is 9.87. The second-order valence-electron chi connectivity index (χ2n) is 11.4. The van der Waals surface area contributed by atoms with Gasteiger partial charge in [0.05, 0.1) is 16.6 Å². The number of β-amino-alcohol motifs (C(OH)–C–C–N with tert-alkyl or cyclic N) is 1. The summed E-state index contributed by atoms with van der Waals surface area (Å²) in [6, 6.07) is 13.6. The lowest BCUT2D eigenvalue weighted by Gasteiger charge is -2.42. The van der Waals surface area contributed by atoms with Crippen LogP contribution in [-0.2, 0) is 19.8 Å². The zero-order chi connectivity index (χ0) is 27.8. The van der Waals surface area contributed by atoms with Crippen LogP contribution in [-0.4, -0.2) is 82.8 Å². The molecule has 7 nitrogen and oxygen atoms in total. The van der Waals surface area contributed by atoms with Gasteiger partial charge in [0.1, 0.15) is 6.29 Å². The molecule has 2 amide bonds. The van der Waals surface area contributed by atoms with Crippen LogP contribution in [0.25, 0.3) is 5.57 Å². The number of amides is 2. The smallest absolute Gasteiger partial charge is 0.255 e. The first-order valence-corrected chi connectivity index (χ1v) is 14.6. The van der Waals surface area contributed by atoms with Crippen LogP contribution < -0.4 is 0 Å². The van der Waals surface area contributed by atoms with Gasteiger partial charge in [0.2, 0.25) is 5.91 Å². The molecule has 0 unspecified atom stereocenters. The van der Waals surface area contributed by atoms with Gasteiger partial charge in [-0.1, -0.05) is 36.4 Å². The highest BCUT2D eigenvalue weighted by Crippen LogP contribution is 2.51. The molecule has 1 N–H and O–H groups in total. The van der Waals surface area contributed by atoms with Crippen LogP contribution in [0.15, 0.2) is 65.2 Å². The Morgan fingerprint density at radius 1 is 1.08 bits per heavy atom. The van der Waals surface area contributed by atoms with Crippen molar-refractivity contribution < 1.29 is 19.5 Å². The Labute approximate surface area is 234 Å². The number of carbonyl (C=O) groups is 3. The molecule has 0 spiro atoms. The molecule has 0 atom stereocenters. The minimum Gasteiger partial charge on any atom is -0.388 e. The average molecular weight is 548 g/mol. The largest absolute Gasteiger partial charge is 0.388 e. The van der Waals surface area contributed by atoms with Gasteiger partial charge in [0.15, 0.2) is 0 Å². The maximum atomic E-state index is 13.6. The minimum atomic E-state index is -1.02. The highest BCUT2D eigenvalue weighted by Gasteiger charge is 2.54. The molecule has 8 heteroatoms. The molecule has 3 heterocycles. The minimum absolute atomic E-state index is 0.0135. The predicted octanol–water partition coefficient (Wildman–Crippen LogP) is 3.85. The number of hydrogen-bond donors (Lipinski definition) is 1. The fourth-order valence-electron chi connectivity index (χ4n) is 5.70. The van der Waals surface area contributed by atoms with E-state index in [0.717, 1.165) is 29.6 Å². The molecule has 0 bridgehead atoms. The Hall–Kier alpha value is -3.23. The molecule has 39 heavy (non-hydrogen) atoms. The van der Waals surface area contributed by atoms with Crippen molar-refractivity contribution in [3.8, 4) is 0 Å². The summed E-state index contributed by atoms with van der Waals surface area (Å²) in [6.45, 7) is 5.48. The summed E-state index contributed by atoms with van der Waals surface area (Å²) in [5, 5.41) is 13.6. The van der Waals surface area contributed by atoms with E-state index in [9.17, 15) is 19.5 Å². The number of aliphatic hydroxyl groups is 1. The summed E-state index contributed by atoms with van der Waals surface area (Å²) in [4.78, 5) is 45.9. The summed E-state index contributed by atoms with van der Waals surface area (Å²) >= 11 is 1.64. The van der Waals surface area contributed by atoms with Crippen molar-refractivity contribution in [2.24, 2.45) is 0 Å². The number of likely N-dealkylation sites (N-methyl/N-ethyl adjacent to an activating group) is 1. The standard InChI is InChI=1S/C31H37N3O4S/c1-22(2)32(3)28(36)25-19-33(18-24(20-35)27(25)23-8-5-4-6-9-23)21-30(38)13-15-34(16-14-30)29(37)31(11-12-31)26-10-7-17-39-26/h4-10,17,19-20,22,38H,11-16,18,21H2,1-3H3. The van der Waals surface area contributed by atoms with Crippen molar-refractivity contribution >= 4 is 35.0 Å². The molecule has 0 radical (unpaired) electrons. The highest BCUT2D eigenvalue weighted by molar-refractivity contribution is 7.10. The van der Waals surface area contributed by atoms with E-state index in [1.165, 1.54) is 0 Å². The lowest BCUT2D eigenvalue weighted by molar-refractivity contribution is -0.138. The zero-order valence-corrected chi connectivity index (χ0v) is 23.7. The van der Waals surface area contributed by atoms with Crippen LogP contribution in [0.4, 0.5) is 0 Å². The number of rotatable bonds is 8. The van der Waals surface area contributed by atoms with E-state index in [-0.39, 0.29) is 29.8 Å². The number of nitrogens with zero attached hydrogens (tertiary/aromatic N) is 3. The lowest BCUT2D eigenvalue weighted by Crippen LogP contribution is -2.53. The molecule has 2 fully saturated rings. The number of likely N-dealkylation sites (tertiary alicyclic amines) is 1. The van der Waals surface area contributed by atoms with Crippen molar-refractivity contribution in [2.75, 3.05) is 33.2 Å². The Balaban J connectivity index is 1.34. The predicted molar refractivity (Wildman–Crippen MR) is 153 cm³/mol. The second-order valence-corrected chi connectivity index (χ2v) is 12.4. The van der Waals surface area contributed by atoms with Crippen LogP contribution in [0.2, 0.25) is 0 Å². The summed E-state index contributed by atoms with van der Waals surface area (Å²) in [5.41, 5.74) is 1.05. The first kappa shape index (κ1) is 27.3. The molecular weight excluding hydrogens is 510 g/mol. The molecule has 206 valence electrons. The zero-order valence-electron chi connectivity index (χ0n) is 22.9. The van der Waals surface area contributed by atoms with Gasteiger partial charge < -0.3 is 19.8 Å². The van der Waals surface area contributed by atoms with E-state index in [0.29, 0.717) is 49.2 Å². The molecule has 3 aliphatic rings. The van der Waals surface area contributed by atoms with E-state index < -0.39 is 5.60 Å². The first-order valence-electron chi connectivity index (χ1n) is 13.7. The van der Waals surface area contributed by atoms with E-state index in [1.54, 1.807) is 23.3 Å². The number of hydrogen-bond acceptors (Lipinski definition) is 6. The van der Waals surface area contributed by atoms with Crippen molar-refractivity contribution in [1.29, 1.82) is 0 Å². The summed E-state index contributed by atoms with van der Waals surface area (Å²) in [6.07, 6.45) is 5.31. The van der Waals surface area contributed by atoms with E-state index in [2.05, 4.69) is 6.07 Å². The third kappa shape index (κ3) is 5.32. The molecule has 2 aromatic rings. The molecule has 1 saturated heterocycles. The number of thiophene rings is 1. The molecule has 1 aliphatic carbocycles. The Morgan fingerprint density at radius 3 is 2.33 bits per heavy atom.